The number of carbonyl (C=O) groups excluding carboxylic acids is 1. The summed E-state index contributed by atoms with van der Waals surface area (Å²) in [6.07, 6.45) is -0.116. The number of benzene rings is 1. The van der Waals surface area contributed by atoms with Crippen LogP contribution >= 0.6 is 0 Å². The van der Waals surface area contributed by atoms with Crippen LogP contribution in [-0.2, 0) is 9.47 Å². The Hall–Kier alpha value is -1.99. The first-order chi connectivity index (χ1) is 12.9. The summed E-state index contributed by atoms with van der Waals surface area (Å²) >= 11 is 0. The largest absolute Gasteiger partial charge is 0.493 e. The van der Waals surface area contributed by atoms with Gasteiger partial charge in [-0.15, -0.1) is 0 Å². The molecule has 0 aliphatic carbocycles. The Morgan fingerprint density at radius 2 is 2.15 bits per heavy atom. The lowest BCUT2D eigenvalue weighted by molar-refractivity contribution is 0.0470. The van der Waals surface area contributed by atoms with Crippen LogP contribution in [0, 0.1) is 5.41 Å². The van der Waals surface area contributed by atoms with E-state index in [1.807, 2.05) is 25.1 Å². The predicted molar refractivity (Wildman–Crippen MR) is 99.4 cm³/mol. The molecule has 2 aliphatic heterocycles. The second-order valence-electron chi connectivity index (χ2n) is 7.60. The Balaban J connectivity index is 1.91. The summed E-state index contributed by atoms with van der Waals surface area (Å²) in [5.74, 6) is 1.27. The maximum absolute atomic E-state index is 12.1. The van der Waals surface area contributed by atoms with Crippen molar-refractivity contribution in [3.63, 3.8) is 0 Å². The number of methoxy groups -OCH3 is 2. The second-order valence-corrected chi connectivity index (χ2v) is 7.60. The van der Waals surface area contributed by atoms with Crippen LogP contribution in [0.3, 0.4) is 0 Å². The molecule has 2 aliphatic rings. The molecule has 7 heteroatoms. The van der Waals surface area contributed by atoms with Crippen LogP contribution in [0.5, 0.6) is 11.5 Å². The van der Waals surface area contributed by atoms with Gasteiger partial charge in [-0.25, -0.2) is 4.79 Å². The lowest BCUT2D eigenvalue weighted by Crippen LogP contribution is -2.38. The predicted octanol–water partition coefficient (Wildman–Crippen LogP) is 2.42. The van der Waals surface area contributed by atoms with E-state index in [9.17, 15) is 9.90 Å². The van der Waals surface area contributed by atoms with Crippen LogP contribution in [0.25, 0.3) is 0 Å². The molecule has 0 spiro atoms. The summed E-state index contributed by atoms with van der Waals surface area (Å²) in [7, 11) is 2.99. The minimum Gasteiger partial charge on any atom is -0.493 e. The molecular weight excluding hydrogens is 350 g/mol. The Morgan fingerprint density at radius 1 is 1.37 bits per heavy atom. The van der Waals surface area contributed by atoms with Gasteiger partial charge in [0.2, 0.25) is 0 Å². The Bertz CT molecular complexity index is 672. The molecule has 0 saturated carbocycles. The first-order valence-electron chi connectivity index (χ1n) is 9.32. The monoisotopic (exact) mass is 379 g/mol. The van der Waals surface area contributed by atoms with Gasteiger partial charge in [-0.05, 0) is 24.6 Å². The highest BCUT2D eigenvalue weighted by atomic mass is 16.6. The van der Waals surface area contributed by atoms with Gasteiger partial charge in [0.05, 0.1) is 33.5 Å². The van der Waals surface area contributed by atoms with Gasteiger partial charge in [0.15, 0.2) is 11.5 Å². The number of hydrogen-bond acceptors (Lipinski definition) is 6. The van der Waals surface area contributed by atoms with Gasteiger partial charge in [0.1, 0.15) is 6.10 Å². The molecule has 2 saturated heterocycles. The van der Waals surface area contributed by atoms with Gasteiger partial charge in [0, 0.05) is 30.8 Å². The molecule has 4 atom stereocenters. The summed E-state index contributed by atoms with van der Waals surface area (Å²) < 4.78 is 21.8. The van der Waals surface area contributed by atoms with E-state index in [2.05, 4.69) is 0 Å². The molecule has 0 bridgehead atoms. The highest BCUT2D eigenvalue weighted by Crippen LogP contribution is 2.47. The molecule has 150 valence electrons. The topological polar surface area (TPSA) is 77.5 Å². The molecule has 1 N–H and O–H groups in total. The zero-order valence-electron chi connectivity index (χ0n) is 16.4. The summed E-state index contributed by atoms with van der Waals surface area (Å²) in [6, 6.07) is 5.82. The van der Waals surface area contributed by atoms with Gasteiger partial charge in [-0.1, -0.05) is 13.0 Å². The first kappa shape index (κ1) is 19.8. The molecule has 7 nitrogen and oxygen atoms in total. The number of carbonyl (C=O) groups is 1. The number of ether oxygens (including phenoxy) is 4. The summed E-state index contributed by atoms with van der Waals surface area (Å²) in [5, 5.41) is 10.5. The number of nitrogens with zero attached hydrogens (tertiary/aromatic N) is 1. The Kier molecular flexibility index (Phi) is 5.81. The molecule has 2 fully saturated rings. The fourth-order valence-electron chi connectivity index (χ4n) is 3.98. The van der Waals surface area contributed by atoms with E-state index in [-0.39, 0.29) is 18.1 Å². The van der Waals surface area contributed by atoms with Crippen molar-refractivity contribution in [2.45, 2.75) is 38.4 Å². The maximum atomic E-state index is 12.1. The van der Waals surface area contributed by atoms with E-state index >= 15 is 0 Å². The summed E-state index contributed by atoms with van der Waals surface area (Å²) in [5.41, 5.74) is 0.510. The lowest BCUT2D eigenvalue weighted by atomic mass is 9.72. The molecule has 1 unspecified atom stereocenters. The van der Waals surface area contributed by atoms with Crippen molar-refractivity contribution in [2.24, 2.45) is 5.41 Å². The standard InChI is InChI=1S/C20H29NO6/c1-13(22)20(2)12-21(19(23)25-4)10-16(20)14-5-6-17(24-3)18(9-14)27-15-7-8-26-11-15/h5-6,9,13,15-16,22H,7-8,10-12H2,1-4H3/t13-,15+,16+,20?/m1/s1. The lowest BCUT2D eigenvalue weighted by Gasteiger charge is -2.33. The van der Waals surface area contributed by atoms with Gasteiger partial charge in [0.25, 0.3) is 0 Å². The second kappa shape index (κ2) is 7.94. The van der Waals surface area contributed by atoms with Crippen LogP contribution in [-0.4, -0.2) is 68.8 Å². The molecular formula is C20H29NO6. The molecule has 27 heavy (non-hydrogen) atoms. The average Bonchev–Trinajstić information content (AvgIpc) is 3.29. The molecule has 2 heterocycles. The van der Waals surface area contributed by atoms with Gasteiger partial charge in [-0.3, -0.25) is 0 Å². The normalized spacial score (nSPS) is 28.9. The molecule has 1 aromatic carbocycles. The first-order valence-corrected chi connectivity index (χ1v) is 9.32. The van der Waals surface area contributed by atoms with E-state index in [0.29, 0.717) is 37.8 Å². The summed E-state index contributed by atoms with van der Waals surface area (Å²) in [4.78, 5) is 13.7. The SMILES string of the molecule is COC(=O)N1C[C@@H](c2ccc(OC)c(O[C@H]3CCOC3)c2)C(C)([C@@H](C)O)C1. The highest BCUT2D eigenvalue weighted by molar-refractivity contribution is 5.68. The number of rotatable bonds is 5. The van der Waals surface area contributed by atoms with Crippen molar-refractivity contribution in [3.05, 3.63) is 23.8 Å². The van der Waals surface area contributed by atoms with Gasteiger partial charge >= 0.3 is 6.09 Å². The van der Waals surface area contributed by atoms with Crippen LogP contribution in [0.2, 0.25) is 0 Å². The number of likely N-dealkylation sites (tertiary alicyclic amines) is 1. The van der Waals surface area contributed by atoms with E-state index in [0.717, 1.165) is 12.0 Å². The van der Waals surface area contributed by atoms with Crippen molar-refractivity contribution >= 4 is 6.09 Å². The molecule has 0 aromatic heterocycles. The Morgan fingerprint density at radius 3 is 2.74 bits per heavy atom. The van der Waals surface area contributed by atoms with E-state index < -0.39 is 11.5 Å². The minimum atomic E-state index is -0.591. The van der Waals surface area contributed by atoms with Gasteiger partial charge in [-0.2, -0.15) is 0 Å². The quantitative estimate of drug-likeness (QED) is 0.847. The van der Waals surface area contributed by atoms with Crippen molar-refractivity contribution in [3.8, 4) is 11.5 Å². The third-order valence-electron chi connectivity index (χ3n) is 5.89. The van der Waals surface area contributed by atoms with Crippen molar-refractivity contribution in [1.82, 2.24) is 4.90 Å². The van der Waals surface area contributed by atoms with E-state index in [1.54, 1.807) is 18.9 Å². The number of hydrogen-bond donors (Lipinski definition) is 1. The van der Waals surface area contributed by atoms with Crippen molar-refractivity contribution in [1.29, 1.82) is 0 Å². The van der Waals surface area contributed by atoms with Crippen LogP contribution in [0.1, 0.15) is 31.7 Å². The molecule has 0 radical (unpaired) electrons. The van der Waals surface area contributed by atoms with Crippen LogP contribution < -0.4 is 9.47 Å². The number of aliphatic hydroxyl groups is 1. The number of aliphatic hydroxyl groups excluding tert-OH is 1. The van der Waals surface area contributed by atoms with E-state index in [4.69, 9.17) is 18.9 Å². The molecule has 3 rings (SSSR count). The minimum absolute atomic E-state index is 0.00689. The maximum Gasteiger partial charge on any atom is 0.409 e. The smallest absolute Gasteiger partial charge is 0.409 e. The Labute approximate surface area is 160 Å². The van der Waals surface area contributed by atoms with Crippen molar-refractivity contribution < 1.29 is 28.8 Å². The van der Waals surface area contributed by atoms with E-state index in [1.165, 1.54) is 7.11 Å². The average molecular weight is 379 g/mol. The fourth-order valence-corrected chi connectivity index (χ4v) is 3.98. The molecule has 1 aromatic rings. The molecule has 1 amide bonds. The zero-order chi connectivity index (χ0) is 19.6. The third kappa shape index (κ3) is 3.84. The third-order valence-corrected chi connectivity index (χ3v) is 5.89. The summed E-state index contributed by atoms with van der Waals surface area (Å²) in [6.45, 7) is 5.94. The zero-order valence-corrected chi connectivity index (χ0v) is 16.4. The highest BCUT2D eigenvalue weighted by Gasteiger charge is 2.48. The fraction of sp³-hybridized carbons (Fsp3) is 0.650. The van der Waals surface area contributed by atoms with Crippen molar-refractivity contribution in [2.75, 3.05) is 40.5 Å². The van der Waals surface area contributed by atoms with Crippen LogP contribution in [0.4, 0.5) is 4.79 Å². The number of amides is 1. The van der Waals surface area contributed by atoms with Crippen LogP contribution in [0.15, 0.2) is 18.2 Å². The van der Waals surface area contributed by atoms with Gasteiger partial charge < -0.3 is 29.0 Å².